The van der Waals surface area contributed by atoms with Crippen LogP contribution in [0.5, 0.6) is 11.5 Å². The van der Waals surface area contributed by atoms with Gasteiger partial charge in [0.1, 0.15) is 6.73 Å². The van der Waals surface area contributed by atoms with Crippen LogP contribution in [0.2, 0.25) is 0 Å². The van der Waals surface area contributed by atoms with E-state index >= 15 is 0 Å². The Morgan fingerprint density at radius 1 is 1.00 bits per heavy atom. The van der Waals surface area contributed by atoms with Crippen LogP contribution in [0.3, 0.4) is 0 Å². The van der Waals surface area contributed by atoms with E-state index in [9.17, 15) is 19.5 Å². The summed E-state index contributed by atoms with van der Waals surface area (Å²) in [5.74, 6) is 0.421. The second kappa shape index (κ2) is 18.2. The van der Waals surface area contributed by atoms with Crippen LogP contribution >= 0.6 is 0 Å². The van der Waals surface area contributed by atoms with Crippen LogP contribution in [-0.2, 0) is 25.5 Å². The Labute approximate surface area is 292 Å². The first kappa shape index (κ1) is 39.6. The number of ether oxygens (including phenoxy) is 4. The zero-order valence-electron chi connectivity index (χ0n) is 30.5. The van der Waals surface area contributed by atoms with Crippen molar-refractivity contribution in [2.24, 2.45) is 34.8 Å². The number of para-hydroxylation sites is 1. The van der Waals surface area contributed by atoms with E-state index in [0.717, 1.165) is 12.0 Å². The Hall–Kier alpha value is -3.83. The molecular formula is C38H57N3O8. The molecule has 3 rings (SSSR count). The minimum atomic E-state index is -1.05. The van der Waals surface area contributed by atoms with Gasteiger partial charge < -0.3 is 34.7 Å². The lowest BCUT2D eigenvalue weighted by molar-refractivity contribution is -0.127. The summed E-state index contributed by atoms with van der Waals surface area (Å²) in [5.41, 5.74) is 6.49. The summed E-state index contributed by atoms with van der Waals surface area (Å²) in [4.78, 5) is 42.2. The van der Waals surface area contributed by atoms with Crippen LogP contribution < -0.4 is 20.1 Å². The Morgan fingerprint density at radius 3 is 2.27 bits per heavy atom. The number of hydrogen-bond donors (Lipinski definition) is 2. The smallest absolute Gasteiger partial charge is 0.409 e. The van der Waals surface area contributed by atoms with Gasteiger partial charge in [-0.15, -0.1) is 0 Å². The van der Waals surface area contributed by atoms with Gasteiger partial charge in [0.05, 0.1) is 31.3 Å². The molecule has 1 aliphatic heterocycles. The first-order valence-electron chi connectivity index (χ1n) is 17.3. The molecule has 0 radical (unpaired) electrons. The lowest BCUT2D eigenvalue weighted by Crippen LogP contribution is -2.49. The molecule has 3 amide bonds. The number of primary amides is 1. The highest BCUT2D eigenvalue weighted by atomic mass is 16.5. The minimum absolute atomic E-state index is 0.0619. The van der Waals surface area contributed by atoms with Crippen molar-refractivity contribution < 1.29 is 38.4 Å². The number of carbonyl (C=O) groups excluding carboxylic acids is 2. The molecule has 1 aliphatic rings. The maximum Gasteiger partial charge on any atom is 0.409 e. The zero-order valence-corrected chi connectivity index (χ0v) is 30.5. The monoisotopic (exact) mass is 683 g/mol. The minimum Gasteiger partial charge on any atom is -0.493 e. The lowest BCUT2D eigenvalue weighted by atomic mass is 9.80. The molecule has 49 heavy (non-hydrogen) atoms. The Bertz CT molecular complexity index is 1370. The topological polar surface area (TPSA) is 141 Å². The highest BCUT2D eigenvalue weighted by Crippen LogP contribution is 2.36. The second-order valence-electron chi connectivity index (χ2n) is 14.4. The molecule has 0 aromatic heterocycles. The van der Waals surface area contributed by atoms with E-state index in [1.807, 2.05) is 62.4 Å². The number of carboxylic acid groups (broad SMARTS) is 1. The van der Waals surface area contributed by atoms with Gasteiger partial charge in [-0.05, 0) is 80.7 Å². The molecule has 0 spiro atoms. The van der Waals surface area contributed by atoms with E-state index in [-0.39, 0.29) is 36.9 Å². The Kier molecular flexibility index (Phi) is 14.7. The summed E-state index contributed by atoms with van der Waals surface area (Å²) >= 11 is 0. The van der Waals surface area contributed by atoms with Crippen molar-refractivity contribution in [3.63, 3.8) is 0 Å². The van der Waals surface area contributed by atoms with Gasteiger partial charge in [-0.1, -0.05) is 52.0 Å². The van der Waals surface area contributed by atoms with E-state index in [2.05, 4.69) is 13.8 Å². The van der Waals surface area contributed by atoms with Gasteiger partial charge in [0.2, 0.25) is 11.8 Å². The van der Waals surface area contributed by atoms with E-state index in [4.69, 9.17) is 24.7 Å². The standard InChI is InChI=1S/C38H57N3O8/c1-25(2)28(19-27-15-16-32(47-8)34(20-27)48-18-12-17-46-7)21-31-33(49-24-41(31)37(44)45)22-30(26(3)4)35(42)40(23-38(5,6)36(39)43)29-13-10-9-11-14-29/h9-11,13-16,20,25-26,28,30-31,33H,12,17-19,21-24H2,1-8H3,(H2,39,43)(H,44,45)/t28-,30+,31+,33+/m1/s1. The fourth-order valence-corrected chi connectivity index (χ4v) is 6.32. The molecule has 11 heteroatoms. The van der Waals surface area contributed by atoms with E-state index in [0.29, 0.717) is 49.7 Å². The van der Waals surface area contributed by atoms with Crippen molar-refractivity contribution in [3.8, 4) is 11.5 Å². The first-order valence-corrected chi connectivity index (χ1v) is 17.3. The van der Waals surface area contributed by atoms with Crippen molar-refractivity contribution in [1.82, 2.24) is 4.90 Å². The largest absolute Gasteiger partial charge is 0.493 e. The maximum absolute atomic E-state index is 14.4. The number of nitrogens with zero attached hydrogens (tertiary/aromatic N) is 2. The molecule has 11 nitrogen and oxygen atoms in total. The highest BCUT2D eigenvalue weighted by Gasteiger charge is 2.43. The van der Waals surface area contributed by atoms with Gasteiger partial charge in [-0.25, -0.2) is 4.79 Å². The van der Waals surface area contributed by atoms with Gasteiger partial charge >= 0.3 is 6.09 Å². The van der Waals surface area contributed by atoms with Crippen molar-refractivity contribution in [2.45, 2.75) is 79.4 Å². The third kappa shape index (κ3) is 10.8. The van der Waals surface area contributed by atoms with Crippen LogP contribution in [-0.4, -0.2) is 80.8 Å². The summed E-state index contributed by atoms with van der Waals surface area (Å²) < 4.78 is 22.9. The van der Waals surface area contributed by atoms with Crippen molar-refractivity contribution >= 4 is 23.6 Å². The summed E-state index contributed by atoms with van der Waals surface area (Å²) in [7, 11) is 3.27. The molecule has 0 bridgehead atoms. The molecule has 1 saturated heterocycles. The van der Waals surface area contributed by atoms with Gasteiger partial charge in [-0.2, -0.15) is 0 Å². The average molecular weight is 684 g/mol. The molecule has 1 fully saturated rings. The molecule has 2 aromatic rings. The number of anilines is 1. The van der Waals surface area contributed by atoms with Crippen molar-refractivity contribution in [1.29, 1.82) is 0 Å². The molecule has 1 heterocycles. The molecular weight excluding hydrogens is 626 g/mol. The SMILES string of the molecule is COCCCOc1cc(C[C@H](C[C@H]2[C@H](C[C@H](C(=O)N(CC(C)(C)C(N)=O)c3ccccc3)C(C)C)OCN2C(=O)O)C(C)C)ccc1OC. The third-order valence-electron chi connectivity index (χ3n) is 9.63. The summed E-state index contributed by atoms with van der Waals surface area (Å²) in [6, 6.07) is 14.7. The number of hydrogen-bond acceptors (Lipinski definition) is 7. The molecule has 4 atom stereocenters. The van der Waals surface area contributed by atoms with Crippen LogP contribution in [0.25, 0.3) is 0 Å². The number of rotatable bonds is 19. The second-order valence-corrected chi connectivity index (χ2v) is 14.4. The summed E-state index contributed by atoms with van der Waals surface area (Å²) in [6.07, 6.45) is 0.791. The molecule has 0 unspecified atom stereocenters. The Balaban J connectivity index is 1.88. The van der Waals surface area contributed by atoms with Crippen LogP contribution in [0.1, 0.15) is 66.4 Å². The number of carbonyl (C=O) groups is 3. The molecule has 0 saturated carbocycles. The Morgan fingerprint density at radius 2 is 1.69 bits per heavy atom. The summed E-state index contributed by atoms with van der Waals surface area (Å²) in [6.45, 7) is 12.9. The predicted molar refractivity (Wildman–Crippen MR) is 190 cm³/mol. The number of benzene rings is 2. The fraction of sp³-hybridized carbons (Fsp3) is 0.605. The molecule has 2 aromatic carbocycles. The fourth-order valence-electron chi connectivity index (χ4n) is 6.32. The van der Waals surface area contributed by atoms with Gasteiger partial charge in [0.25, 0.3) is 0 Å². The van der Waals surface area contributed by atoms with Gasteiger partial charge in [0, 0.05) is 38.3 Å². The number of methoxy groups -OCH3 is 2. The van der Waals surface area contributed by atoms with Crippen LogP contribution in [0.15, 0.2) is 48.5 Å². The molecule has 272 valence electrons. The van der Waals surface area contributed by atoms with Crippen molar-refractivity contribution in [3.05, 3.63) is 54.1 Å². The predicted octanol–water partition coefficient (Wildman–Crippen LogP) is 6.23. The normalized spacial score (nSPS) is 17.6. The van der Waals surface area contributed by atoms with Crippen molar-refractivity contribution in [2.75, 3.05) is 45.6 Å². The quantitative estimate of drug-likeness (QED) is 0.166. The number of nitrogens with two attached hydrogens (primary N) is 1. The lowest BCUT2D eigenvalue weighted by Gasteiger charge is -2.36. The van der Waals surface area contributed by atoms with E-state index in [1.165, 1.54) is 4.90 Å². The average Bonchev–Trinajstić information content (AvgIpc) is 3.46. The first-order chi connectivity index (χ1) is 23.2. The third-order valence-corrected chi connectivity index (χ3v) is 9.63. The highest BCUT2D eigenvalue weighted by molar-refractivity contribution is 5.96. The van der Waals surface area contributed by atoms with E-state index < -0.39 is 35.5 Å². The van der Waals surface area contributed by atoms with Gasteiger partial charge in [0.15, 0.2) is 11.5 Å². The van der Waals surface area contributed by atoms with E-state index in [1.54, 1.807) is 33.0 Å². The van der Waals surface area contributed by atoms with Crippen LogP contribution in [0.4, 0.5) is 10.5 Å². The number of amides is 3. The van der Waals surface area contributed by atoms with Gasteiger partial charge in [-0.3, -0.25) is 14.5 Å². The maximum atomic E-state index is 14.4. The molecule has 0 aliphatic carbocycles. The van der Waals surface area contributed by atoms with Crippen LogP contribution in [0, 0.1) is 29.1 Å². The molecule has 3 N–H and O–H groups in total. The summed E-state index contributed by atoms with van der Waals surface area (Å²) in [5, 5.41) is 10.2. The zero-order chi connectivity index (χ0) is 36.3.